The molecule has 6 heteroatoms. The predicted octanol–water partition coefficient (Wildman–Crippen LogP) is 3.39. The first-order chi connectivity index (χ1) is 14.1. The number of carbonyl (C=O) groups excluding carboxylic acids is 1. The average Bonchev–Trinajstić information content (AvgIpc) is 2.79. The zero-order chi connectivity index (χ0) is 20.2. The van der Waals surface area contributed by atoms with Gasteiger partial charge in [0.25, 0.3) is 5.91 Å². The Kier molecular flexibility index (Phi) is 5.42. The Labute approximate surface area is 171 Å². The van der Waals surface area contributed by atoms with Crippen LogP contribution in [-0.2, 0) is 0 Å². The lowest BCUT2D eigenvalue weighted by molar-refractivity contribution is 0.0988. The molecule has 1 amide bonds. The molecule has 29 heavy (non-hydrogen) atoms. The van der Waals surface area contributed by atoms with Crippen molar-refractivity contribution < 1.29 is 4.79 Å². The summed E-state index contributed by atoms with van der Waals surface area (Å²) in [7, 11) is 1.75. The lowest BCUT2D eigenvalue weighted by Crippen LogP contribution is -2.47. The fourth-order valence-corrected chi connectivity index (χ4v) is 3.55. The number of aromatic nitrogens is 2. The molecule has 1 fully saturated rings. The molecule has 0 radical (unpaired) electrons. The molecule has 0 unspecified atom stereocenters. The summed E-state index contributed by atoms with van der Waals surface area (Å²) in [5.41, 5.74) is 3.71. The lowest BCUT2D eigenvalue weighted by Gasteiger charge is -2.36. The van der Waals surface area contributed by atoms with E-state index < -0.39 is 0 Å². The Morgan fingerprint density at radius 3 is 2.28 bits per heavy atom. The van der Waals surface area contributed by atoms with E-state index in [9.17, 15) is 4.79 Å². The number of anilines is 3. The molecule has 0 atom stereocenters. The fourth-order valence-electron chi connectivity index (χ4n) is 3.55. The lowest BCUT2D eigenvalue weighted by atomic mass is 10.2. The molecule has 1 aliphatic heterocycles. The SMILES string of the molecule is Cc1cccc(N2CCN(c3cnc(C(=O)N(C)c4ccccc4)cn3)CC2)c1. The number of hydrogen-bond acceptors (Lipinski definition) is 5. The Morgan fingerprint density at radius 2 is 1.62 bits per heavy atom. The minimum atomic E-state index is -0.167. The van der Waals surface area contributed by atoms with E-state index in [1.165, 1.54) is 11.3 Å². The summed E-state index contributed by atoms with van der Waals surface area (Å²) in [6.07, 6.45) is 3.28. The molecule has 148 valence electrons. The summed E-state index contributed by atoms with van der Waals surface area (Å²) in [5, 5.41) is 0. The number of para-hydroxylation sites is 1. The Balaban J connectivity index is 1.39. The number of rotatable bonds is 4. The van der Waals surface area contributed by atoms with Crippen LogP contribution >= 0.6 is 0 Å². The van der Waals surface area contributed by atoms with Crippen LogP contribution in [0.4, 0.5) is 17.2 Å². The van der Waals surface area contributed by atoms with Crippen LogP contribution in [0.15, 0.2) is 67.0 Å². The van der Waals surface area contributed by atoms with Gasteiger partial charge in [0.1, 0.15) is 11.5 Å². The Morgan fingerprint density at radius 1 is 0.897 bits per heavy atom. The van der Waals surface area contributed by atoms with Gasteiger partial charge in [0.2, 0.25) is 0 Å². The van der Waals surface area contributed by atoms with Crippen molar-refractivity contribution in [2.75, 3.05) is 47.9 Å². The Bertz CT molecular complexity index is 966. The van der Waals surface area contributed by atoms with E-state index in [2.05, 4.69) is 51.0 Å². The van der Waals surface area contributed by atoms with Gasteiger partial charge in [-0.15, -0.1) is 0 Å². The van der Waals surface area contributed by atoms with E-state index in [0.29, 0.717) is 5.69 Å². The summed E-state index contributed by atoms with van der Waals surface area (Å²) in [6, 6.07) is 18.1. The summed E-state index contributed by atoms with van der Waals surface area (Å²) in [6.45, 7) is 5.73. The van der Waals surface area contributed by atoms with Crippen LogP contribution in [0, 0.1) is 6.92 Å². The van der Waals surface area contributed by atoms with Crippen LogP contribution in [0.25, 0.3) is 0 Å². The maximum Gasteiger partial charge on any atom is 0.278 e. The third-order valence-corrected chi connectivity index (χ3v) is 5.28. The molecule has 0 aliphatic carbocycles. The van der Waals surface area contributed by atoms with Gasteiger partial charge in [-0.2, -0.15) is 0 Å². The smallest absolute Gasteiger partial charge is 0.278 e. The number of piperazine rings is 1. The summed E-state index contributed by atoms with van der Waals surface area (Å²) >= 11 is 0. The minimum Gasteiger partial charge on any atom is -0.368 e. The van der Waals surface area contributed by atoms with Gasteiger partial charge in [-0.25, -0.2) is 9.97 Å². The minimum absolute atomic E-state index is 0.167. The predicted molar refractivity (Wildman–Crippen MR) is 117 cm³/mol. The summed E-state index contributed by atoms with van der Waals surface area (Å²) in [4.78, 5) is 27.7. The maximum absolute atomic E-state index is 12.7. The highest BCUT2D eigenvalue weighted by Gasteiger charge is 2.20. The zero-order valence-corrected chi connectivity index (χ0v) is 16.8. The van der Waals surface area contributed by atoms with Gasteiger partial charge in [0.05, 0.1) is 12.4 Å². The molecule has 0 N–H and O–H groups in total. The molecule has 0 saturated carbocycles. The van der Waals surface area contributed by atoms with Crippen LogP contribution in [0.1, 0.15) is 16.1 Å². The summed E-state index contributed by atoms with van der Waals surface area (Å²) < 4.78 is 0. The molecule has 1 aliphatic rings. The van der Waals surface area contributed by atoms with Gasteiger partial charge in [0, 0.05) is 44.6 Å². The molecular formula is C23H25N5O. The monoisotopic (exact) mass is 387 g/mol. The second-order valence-electron chi connectivity index (χ2n) is 7.27. The Hall–Kier alpha value is -3.41. The highest BCUT2D eigenvalue weighted by Crippen LogP contribution is 2.20. The molecule has 4 rings (SSSR count). The molecule has 0 spiro atoms. The van der Waals surface area contributed by atoms with Crippen molar-refractivity contribution in [2.24, 2.45) is 0 Å². The molecular weight excluding hydrogens is 362 g/mol. The third-order valence-electron chi connectivity index (χ3n) is 5.28. The van der Waals surface area contributed by atoms with Crippen molar-refractivity contribution in [3.05, 3.63) is 78.2 Å². The van der Waals surface area contributed by atoms with Crippen LogP contribution < -0.4 is 14.7 Å². The second-order valence-corrected chi connectivity index (χ2v) is 7.27. The quantitative estimate of drug-likeness (QED) is 0.687. The maximum atomic E-state index is 12.7. The molecule has 0 bridgehead atoms. The van der Waals surface area contributed by atoms with Gasteiger partial charge in [0.15, 0.2) is 0 Å². The normalized spacial score (nSPS) is 14.0. The van der Waals surface area contributed by atoms with E-state index >= 15 is 0 Å². The van der Waals surface area contributed by atoms with Gasteiger partial charge in [-0.1, -0.05) is 30.3 Å². The van der Waals surface area contributed by atoms with Crippen LogP contribution in [0.2, 0.25) is 0 Å². The van der Waals surface area contributed by atoms with Crippen LogP contribution in [0.5, 0.6) is 0 Å². The van der Waals surface area contributed by atoms with E-state index in [4.69, 9.17) is 0 Å². The largest absolute Gasteiger partial charge is 0.368 e. The molecule has 1 aromatic heterocycles. The standard InChI is InChI=1S/C23H25N5O/c1-18-7-6-10-20(15-18)27-11-13-28(14-12-27)22-17-24-21(16-25-22)23(29)26(2)19-8-4-3-5-9-19/h3-10,15-17H,11-14H2,1-2H3. The molecule has 2 heterocycles. The second kappa shape index (κ2) is 8.31. The van der Waals surface area contributed by atoms with E-state index in [-0.39, 0.29) is 5.91 Å². The average molecular weight is 387 g/mol. The van der Waals surface area contributed by atoms with E-state index in [1.807, 2.05) is 30.3 Å². The fraction of sp³-hybridized carbons (Fsp3) is 0.261. The topological polar surface area (TPSA) is 52.6 Å². The number of aryl methyl sites for hydroxylation is 1. The molecule has 6 nitrogen and oxygen atoms in total. The number of amides is 1. The number of benzene rings is 2. The van der Waals surface area contributed by atoms with E-state index in [1.54, 1.807) is 24.3 Å². The first-order valence-corrected chi connectivity index (χ1v) is 9.83. The van der Waals surface area contributed by atoms with Crippen molar-refractivity contribution in [3.8, 4) is 0 Å². The highest BCUT2D eigenvalue weighted by atomic mass is 16.2. The molecule has 1 saturated heterocycles. The zero-order valence-electron chi connectivity index (χ0n) is 16.8. The highest BCUT2D eigenvalue weighted by molar-refractivity contribution is 6.04. The van der Waals surface area contributed by atoms with Crippen LogP contribution in [0.3, 0.4) is 0 Å². The first-order valence-electron chi connectivity index (χ1n) is 9.83. The first kappa shape index (κ1) is 18.9. The number of nitrogens with zero attached hydrogens (tertiary/aromatic N) is 5. The van der Waals surface area contributed by atoms with Gasteiger partial charge in [-0.3, -0.25) is 4.79 Å². The third kappa shape index (κ3) is 4.21. The molecule has 3 aromatic rings. The van der Waals surface area contributed by atoms with Crippen molar-refractivity contribution in [2.45, 2.75) is 6.92 Å². The van der Waals surface area contributed by atoms with E-state index in [0.717, 1.165) is 37.7 Å². The van der Waals surface area contributed by atoms with Crippen molar-refractivity contribution >= 4 is 23.1 Å². The van der Waals surface area contributed by atoms with Crippen molar-refractivity contribution in [1.82, 2.24) is 9.97 Å². The van der Waals surface area contributed by atoms with Crippen molar-refractivity contribution in [3.63, 3.8) is 0 Å². The summed E-state index contributed by atoms with van der Waals surface area (Å²) in [5.74, 6) is 0.646. The number of carbonyl (C=O) groups is 1. The van der Waals surface area contributed by atoms with Crippen molar-refractivity contribution in [1.29, 1.82) is 0 Å². The number of hydrogen-bond donors (Lipinski definition) is 0. The van der Waals surface area contributed by atoms with Crippen LogP contribution in [-0.4, -0.2) is 49.1 Å². The van der Waals surface area contributed by atoms with Gasteiger partial charge < -0.3 is 14.7 Å². The van der Waals surface area contributed by atoms with Gasteiger partial charge in [-0.05, 0) is 36.8 Å². The molecule has 2 aromatic carbocycles. The van der Waals surface area contributed by atoms with Gasteiger partial charge >= 0.3 is 0 Å².